The van der Waals surface area contributed by atoms with Crippen LogP contribution in [0.15, 0.2) is 0 Å². The van der Waals surface area contributed by atoms with E-state index in [-0.39, 0.29) is 0 Å². The molecule has 15 heavy (non-hydrogen) atoms. The molecule has 0 radical (unpaired) electrons. The van der Waals surface area contributed by atoms with Gasteiger partial charge >= 0.3 is 0 Å². The SMILES string of the molecule is CCCc1nn(CC)c(CC(C)C)c1O. The van der Waals surface area contributed by atoms with Crippen LogP contribution in [0.3, 0.4) is 0 Å². The lowest BCUT2D eigenvalue weighted by atomic mass is 10.1. The van der Waals surface area contributed by atoms with E-state index in [0.29, 0.717) is 11.7 Å². The van der Waals surface area contributed by atoms with Crippen molar-refractivity contribution in [3.8, 4) is 5.75 Å². The van der Waals surface area contributed by atoms with Gasteiger partial charge in [0.05, 0.1) is 5.69 Å². The van der Waals surface area contributed by atoms with Gasteiger partial charge in [-0.15, -0.1) is 0 Å². The van der Waals surface area contributed by atoms with Crippen molar-refractivity contribution in [2.75, 3.05) is 0 Å². The molecule has 3 heteroatoms. The van der Waals surface area contributed by atoms with Crippen molar-refractivity contribution >= 4 is 0 Å². The molecule has 0 bridgehead atoms. The summed E-state index contributed by atoms with van der Waals surface area (Å²) in [5.74, 6) is 0.972. The second kappa shape index (κ2) is 5.19. The van der Waals surface area contributed by atoms with Gasteiger partial charge in [-0.05, 0) is 25.7 Å². The minimum atomic E-state index is 0.424. The van der Waals surface area contributed by atoms with Gasteiger partial charge in [0.25, 0.3) is 0 Å². The fraction of sp³-hybridized carbons (Fsp3) is 0.750. The summed E-state index contributed by atoms with van der Waals surface area (Å²) in [7, 11) is 0. The summed E-state index contributed by atoms with van der Waals surface area (Å²) in [6.45, 7) is 9.32. The van der Waals surface area contributed by atoms with Crippen molar-refractivity contribution in [2.45, 2.75) is 53.5 Å². The average Bonchev–Trinajstić information content (AvgIpc) is 2.46. The van der Waals surface area contributed by atoms with Crippen molar-refractivity contribution in [3.05, 3.63) is 11.4 Å². The zero-order chi connectivity index (χ0) is 11.4. The lowest BCUT2D eigenvalue weighted by Gasteiger charge is -2.07. The molecule has 0 unspecified atom stereocenters. The molecule has 1 aromatic rings. The second-order valence-electron chi connectivity index (χ2n) is 4.41. The number of aromatic nitrogens is 2. The largest absolute Gasteiger partial charge is 0.504 e. The molecule has 0 aliphatic heterocycles. The van der Waals surface area contributed by atoms with Gasteiger partial charge in [0.1, 0.15) is 5.69 Å². The van der Waals surface area contributed by atoms with Crippen molar-refractivity contribution in [2.24, 2.45) is 5.92 Å². The van der Waals surface area contributed by atoms with Crippen LogP contribution in [0, 0.1) is 5.92 Å². The molecule has 1 heterocycles. The number of hydrogen-bond acceptors (Lipinski definition) is 2. The van der Waals surface area contributed by atoms with Crippen molar-refractivity contribution < 1.29 is 5.11 Å². The van der Waals surface area contributed by atoms with E-state index in [1.54, 1.807) is 0 Å². The van der Waals surface area contributed by atoms with Crippen LogP contribution in [0.4, 0.5) is 0 Å². The Morgan fingerprint density at radius 3 is 2.47 bits per heavy atom. The first-order valence-corrected chi connectivity index (χ1v) is 5.87. The Balaban J connectivity index is 3.00. The van der Waals surface area contributed by atoms with Gasteiger partial charge in [0.15, 0.2) is 5.75 Å². The highest BCUT2D eigenvalue weighted by Crippen LogP contribution is 2.25. The Kier molecular flexibility index (Phi) is 4.18. The third kappa shape index (κ3) is 2.74. The first-order valence-electron chi connectivity index (χ1n) is 5.87. The van der Waals surface area contributed by atoms with Crippen LogP contribution in [0.25, 0.3) is 0 Å². The summed E-state index contributed by atoms with van der Waals surface area (Å²) in [6.07, 6.45) is 2.79. The lowest BCUT2D eigenvalue weighted by Crippen LogP contribution is -2.05. The third-order valence-corrected chi connectivity index (χ3v) is 2.49. The highest BCUT2D eigenvalue weighted by Gasteiger charge is 2.16. The minimum absolute atomic E-state index is 0.424. The molecule has 0 atom stereocenters. The van der Waals surface area contributed by atoms with Crippen LogP contribution < -0.4 is 0 Å². The molecule has 0 aromatic carbocycles. The van der Waals surface area contributed by atoms with Gasteiger partial charge < -0.3 is 5.11 Å². The van der Waals surface area contributed by atoms with Gasteiger partial charge in [-0.3, -0.25) is 4.68 Å². The van der Waals surface area contributed by atoms with Crippen LogP contribution >= 0.6 is 0 Å². The molecule has 0 amide bonds. The second-order valence-corrected chi connectivity index (χ2v) is 4.41. The minimum Gasteiger partial charge on any atom is -0.504 e. The highest BCUT2D eigenvalue weighted by molar-refractivity contribution is 5.32. The van der Waals surface area contributed by atoms with Crippen molar-refractivity contribution in [1.29, 1.82) is 0 Å². The molecular formula is C12H22N2O. The van der Waals surface area contributed by atoms with Crippen molar-refractivity contribution in [1.82, 2.24) is 9.78 Å². The van der Waals surface area contributed by atoms with Crippen LogP contribution in [-0.4, -0.2) is 14.9 Å². The molecule has 86 valence electrons. The predicted molar refractivity (Wildman–Crippen MR) is 62.1 cm³/mol. The molecule has 0 aliphatic rings. The van der Waals surface area contributed by atoms with E-state index in [2.05, 4.69) is 32.8 Å². The van der Waals surface area contributed by atoms with E-state index >= 15 is 0 Å². The maximum atomic E-state index is 10.0. The number of rotatable bonds is 5. The standard InChI is InChI=1S/C12H22N2O/c1-5-7-10-12(15)11(8-9(3)4)14(6-2)13-10/h9,15H,5-8H2,1-4H3. The first-order chi connectivity index (χ1) is 7.10. The zero-order valence-corrected chi connectivity index (χ0v) is 10.2. The Hall–Kier alpha value is -0.990. The van der Waals surface area contributed by atoms with Gasteiger partial charge in [-0.2, -0.15) is 5.10 Å². The monoisotopic (exact) mass is 210 g/mol. The fourth-order valence-corrected chi connectivity index (χ4v) is 1.80. The molecule has 0 aliphatic carbocycles. The van der Waals surface area contributed by atoms with Crippen LogP contribution in [0.5, 0.6) is 5.75 Å². The summed E-state index contributed by atoms with van der Waals surface area (Å²) >= 11 is 0. The number of aryl methyl sites for hydroxylation is 2. The molecule has 1 aromatic heterocycles. The molecule has 1 N–H and O–H groups in total. The lowest BCUT2D eigenvalue weighted by molar-refractivity contribution is 0.450. The number of hydrogen-bond donors (Lipinski definition) is 1. The molecule has 0 saturated carbocycles. The topological polar surface area (TPSA) is 38.0 Å². The maximum Gasteiger partial charge on any atom is 0.160 e. The van der Waals surface area contributed by atoms with Crippen LogP contribution in [0.2, 0.25) is 0 Å². The normalized spacial score (nSPS) is 11.3. The molecule has 0 spiro atoms. The van der Waals surface area contributed by atoms with Crippen LogP contribution in [-0.2, 0) is 19.4 Å². The first kappa shape index (κ1) is 12.1. The number of aromatic hydroxyl groups is 1. The smallest absolute Gasteiger partial charge is 0.160 e. The summed E-state index contributed by atoms with van der Waals surface area (Å²) in [6, 6.07) is 0. The molecule has 1 rings (SSSR count). The van der Waals surface area contributed by atoms with Crippen LogP contribution in [0.1, 0.15) is 45.5 Å². The van der Waals surface area contributed by atoms with Crippen molar-refractivity contribution in [3.63, 3.8) is 0 Å². The predicted octanol–water partition coefficient (Wildman–Crippen LogP) is 2.76. The number of nitrogens with zero attached hydrogens (tertiary/aromatic N) is 2. The molecule has 3 nitrogen and oxygen atoms in total. The van der Waals surface area contributed by atoms with E-state index < -0.39 is 0 Å². The van der Waals surface area contributed by atoms with Gasteiger partial charge in [0.2, 0.25) is 0 Å². The molecule has 0 fully saturated rings. The Morgan fingerprint density at radius 2 is 2.00 bits per heavy atom. The summed E-state index contributed by atoms with van der Waals surface area (Å²) in [5, 5.41) is 14.5. The summed E-state index contributed by atoms with van der Waals surface area (Å²) < 4.78 is 1.93. The Morgan fingerprint density at radius 1 is 1.33 bits per heavy atom. The molecular weight excluding hydrogens is 188 g/mol. The van der Waals surface area contributed by atoms with E-state index in [1.165, 1.54) is 0 Å². The summed E-state index contributed by atoms with van der Waals surface area (Å²) in [4.78, 5) is 0. The Bertz CT molecular complexity index is 316. The molecule has 0 saturated heterocycles. The average molecular weight is 210 g/mol. The van der Waals surface area contributed by atoms with Gasteiger partial charge in [0, 0.05) is 6.54 Å². The quantitative estimate of drug-likeness (QED) is 0.811. The zero-order valence-electron chi connectivity index (χ0n) is 10.2. The Labute approximate surface area is 92.1 Å². The summed E-state index contributed by atoms with van der Waals surface area (Å²) in [5.41, 5.74) is 1.85. The van der Waals surface area contributed by atoms with E-state index in [9.17, 15) is 5.11 Å². The van der Waals surface area contributed by atoms with E-state index in [1.807, 2.05) is 4.68 Å². The highest BCUT2D eigenvalue weighted by atomic mass is 16.3. The third-order valence-electron chi connectivity index (χ3n) is 2.49. The van der Waals surface area contributed by atoms with E-state index in [4.69, 9.17) is 0 Å². The van der Waals surface area contributed by atoms with Gasteiger partial charge in [-0.25, -0.2) is 0 Å². The van der Waals surface area contributed by atoms with Gasteiger partial charge in [-0.1, -0.05) is 27.2 Å². The van der Waals surface area contributed by atoms with E-state index in [0.717, 1.165) is 37.2 Å². The maximum absolute atomic E-state index is 10.0. The fourth-order valence-electron chi connectivity index (χ4n) is 1.80.